The van der Waals surface area contributed by atoms with Crippen molar-refractivity contribution in [3.63, 3.8) is 0 Å². The van der Waals surface area contributed by atoms with Gasteiger partial charge in [-0.3, -0.25) is 4.79 Å². The van der Waals surface area contributed by atoms with Crippen LogP contribution in [0.2, 0.25) is 0 Å². The van der Waals surface area contributed by atoms with Crippen LogP contribution in [0.5, 0.6) is 23.0 Å². The molecule has 1 aromatic rings. The molecule has 3 rings (SSSR count). The van der Waals surface area contributed by atoms with E-state index in [4.69, 9.17) is 15.3 Å². The average Bonchev–Trinajstić information content (AvgIpc) is 2.77. The van der Waals surface area contributed by atoms with Crippen molar-refractivity contribution in [1.82, 2.24) is 4.90 Å². The number of carbonyl (C=O) groups excluding carboxylic acids is 1. The Kier molecular flexibility index (Phi) is 8.30. The van der Waals surface area contributed by atoms with Crippen molar-refractivity contribution >= 4 is 5.78 Å². The summed E-state index contributed by atoms with van der Waals surface area (Å²) in [4.78, 5) is 11.8. The molecule has 28 nitrogen and oxygen atoms in total. The van der Waals surface area contributed by atoms with Crippen LogP contribution in [0.3, 0.4) is 0 Å². The van der Waals surface area contributed by atoms with Crippen LogP contribution in [0.1, 0.15) is 17.5 Å². The molecule has 270 valence electrons. The van der Waals surface area contributed by atoms with E-state index in [0.29, 0.717) is 0 Å². The van der Waals surface area contributed by atoms with Gasteiger partial charge < -0.3 is 132 Å². The van der Waals surface area contributed by atoms with E-state index in [1.54, 1.807) is 0 Å². The van der Waals surface area contributed by atoms with E-state index in [1.807, 2.05) is 0 Å². The van der Waals surface area contributed by atoms with Crippen molar-refractivity contribution in [3.8, 4) is 23.0 Å². The number of Topliss-reactive ketones (excluding diaryl/α,β-unsaturated/α-hetero) is 1. The highest BCUT2D eigenvalue weighted by molar-refractivity contribution is 5.86. The lowest BCUT2D eigenvalue weighted by Crippen LogP contribution is -2.88. The second kappa shape index (κ2) is 10.1. The maximum absolute atomic E-state index is 13.2. The fraction of sp³-hybridized carbons (Fsp3) is 0.632. The second-order valence-corrected chi connectivity index (χ2v) is 10.4. The molecule has 28 heteroatoms. The Balaban J connectivity index is 2.54. The Hall–Kier alpha value is -2.83. The van der Waals surface area contributed by atoms with Crippen molar-refractivity contribution in [3.05, 3.63) is 11.1 Å². The molecule has 2 unspecified atom stereocenters. The molecule has 47 heavy (non-hydrogen) atoms. The third-order valence-electron chi connectivity index (χ3n) is 7.10. The fourth-order valence-electron chi connectivity index (χ4n) is 5.35. The van der Waals surface area contributed by atoms with E-state index in [2.05, 4.69) is 9.47 Å². The minimum Gasteiger partial charge on any atom is -0.504 e. The maximum atomic E-state index is 13.2. The number of nitrogens with zero attached hydrogens (tertiary/aromatic N) is 1. The Labute approximate surface area is 253 Å². The van der Waals surface area contributed by atoms with Gasteiger partial charge in [-0.05, 0) is 0 Å². The average molecular weight is 701 g/mol. The van der Waals surface area contributed by atoms with Crippen molar-refractivity contribution in [2.75, 3.05) is 0 Å². The van der Waals surface area contributed by atoms with Gasteiger partial charge in [-0.15, -0.1) is 0 Å². The van der Waals surface area contributed by atoms with Crippen molar-refractivity contribution in [2.24, 2.45) is 5.92 Å². The molecule has 0 amide bonds. The number of rotatable bonds is 8. The molecule has 0 spiro atoms. The number of aromatic hydroxyl groups is 2. The minimum atomic E-state index is -5.65. The van der Waals surface area contributed by atoms with Crippen LogP contribution in [0.4, 0.5) is 0 Å². The van der Waals surface area contributed by atoms with E-state index < -0.39 is 116 Å². The third-order valence-corrected chi connectivity index (χ3v) is 7.10. The molecule has 0 bridgehead atoms. The number of hydrogen-bond acceptors (Lipinski definition) is 28. The first-order valence-electron chi connectivity index (χ1n) is 11.6. The van der Waals surface area contributed by atoms with Crippen molar-refractivity contribution < 1.29 is 137 Å². The Bertz CT molecular complexity index is 1430. The van der Waals surface area contributed by atoms with Crippen LogP contribution in [0, 0.1) is 5.92 Å². The third kappa shape index (κ3) is 5.24. The summed E-state index contributed by atoms with van der Waals surface area (Å²) in [5, 5.41) is 241. The van der Waals surface area contributed by atoms with Gasteiger partial charge in [0, 0.05) is 0 Å². The van der Waals surface area contributed by atoms with Crippen LogP contribution in [0.25, 0.3) is 0 Å². The molecule has 0 aromatic heterocycles. The molecule has 1 fully saturated rings. The first-order valence-corrected chi connectivity index (χ1v) is 11.6. The Morgan fingerprint density at radius 3 is 1.32 bits per heavy atom. The SMILES string of the molecule is O=C1CC2(O)c3c(O)c(OC(O)(O)O)c(OC(O)(O)O)c(O)c3C(O)(O)C(O)(O)N2C(O)(O)C1C(O)(O)C(O)(C(O)(O)O)C(O)(O)O. The lowest BCUT2D eigenvalue weighted by molar-refractivity contribution is -0.567. The summed E-state index contributed by atoms with van der Waals surface area (Å²) < 4.78 is 7.89. The van der Waals surface area contributed by atoms with Gasteiger partial charge in [0.25, 0.3) is 17.3 Å². The van der Waals surface area contributed by atoms with E-state index >= 15 is 0 Å². The normalized spacial score (nSPS) is 25.2. The standard InChI is InChI=1S/C19H27NO27/c21-2-1-10(24)3-4(6(23)8(47-19(43,44)45)7(5(3)22)46-18(40,41)42)11(25,26)15(32,33)20(10)13(29,30)9(2)12(27,28)14(31,16(34,35)36)17(37,38)39/h9,22-45H,1H2. The van der Waals surface area contributed by atoms with Crippen LogP contribution in [0.15, 0.2) is 0 Å². The molecule has 2 atom stereocenters. The summed E-state index contributed by atoms with van der Waals surface area (Å²) in [5.74, 6) is -47.8. The summed E-state index contributed by atoms with van der Waals surface area (Å²) >= 11 is 0. The molecule has 1 aromatic carbocycles. The van der Waals surface area contributed by atoms with Gasteiger partial charge in [-0.1, -0.05) is 0 Å². The molecule has 24 N–H and O–H groups in total. The zero-order chi connectivity index (χ0) is 37.3. The number of ketones is 1. The number of hydrogen-bond donors (Lipinski definition) is 24. The number of carbonyl (C=O) groups is 1. The van der Waals surface area contributed by atoms with Gasteiger partial charge in [0.2, 0.25) is 23.2 Å². The van der Waals surface area contributed by atoms with Crippen LogP contribution in [-0.4, -0.2) is 181 Å². The molecular weight excluding hydrogens is 674 g/mol. The quantitative estimate of drug-likeness (QED) is 0.0883. The molecule has 2 aliphatic heterocycles. The Morgan fingerprint density at radius 1 is 0.617 bits per heavy atom. The van der Waals surface area contributed by atoms with E-state index in [1.165, 1.54) is 0 Å². The number of piperidine rings is 1. The monoisotopic (exact) mass is 701 g/mol. The Morgan fingerprint density at radius 2 is 0.979 bits per heavy atom. The summed E-state index contributed by atoms with van der Waals surface area (Å²) in [6.45, 7) is 0. The minimum absolute atomic E-state index is 1.47. The van der Waals surface area contributed by atoms with Gasteiger partial charge >= 0.3 is 24.3 Å². The molecule has 0 saturated carbocycles. The maximum Gasteiger partial charge on any atom is 0.453 e. The van der Waals surface area contributed by atoms with E-state index in [-0.39, 0.29) is 0 Å². The number of phenols is 2. The summed E-state index contributed by atoms with van der Waals surface area (Å²) in [7, 11) is 0. The van der Waals surface area contributed by atoms with Crippen LogP contribution < -0.4 is 9.47 Å². The molecule has 2 aliphatic rings. The first-order chi connectivity index (χ1) is 20.4. The van der Waals surface area contributed by atoms with Crippen LogP contribution in [-0.2, 0) is 16.3 Å². The molecule has 0 radical (unpaired) electrons. The van der Waals surface area contributed by atoms with Gasteiger partial charge in [-0.25, -0.2) is 0 Å². The predicted molar refractivity (Wildman–Crippen MR) is 120 cm³/mol. The molecule has 0 aliphatic carbocycles. The fourth-order valence-corrected chi connectivity index (χ4v) is 5.35. The second-order valence-electron chi connectivity index (χ2n) is 10.4. The lowest BCUT2D eigenvalue weighted by atomic mass is 9.67. The topological polar surface area (TPSA) is 524 Å². The van der Waals surface area contributed by atoms with Gasteiger partial charge in [0.05, 0.1) is 17.5 Å². The van der Waals surface area contributed by atoms with Crippen molar-refractivity contribution in [2.45, 2.75) is 65.4 Å². The van der Waals surface area contributed by atoms with E-state index in [0.717, 1.165) is 0 Å². The first kappa shape index (κ1) is 38.6. The molecule has 1 saturated heterocycles. The number of phenolic OH excluding ortho intramolecular Hbond substituents is 2. The zero-order valence-corrected chi connectivity index (χ0v) is 22.2. The highest BCUT2D eigenvalue weighted by atomic mass is 16.9. The predicted octanol–water partition coefficient (Wildman–Crippen LogP) is -13.8. The molecule has 2 heterocycles. The summed E-state index contributed by atoms with van der Waals surface area (Å²) in [6.07, 6.45) is -11.5. The summed E-state index contributed by atoms with van der Waals surface area (Å²) in [6, 6.07) is 0. The van der Waals surface area contributed by atoms with Crippen LogP contribution >= 0.6 is 0 Å². The molecular formula is C19H27NO27. The number of benzene rings is 1. The number of ether oxygens (including phenoxy) is 2. The smallest absolute Gasteiger partial charge is 0.453 e. The highest BCUT2D eigenvalue weighted by Crippen LogP contribution is 2.64. The number of fused-ring (bicyclic) bond motifs is 3. The van der Waals surface area contributed by atoms with Gasteiger partial charge in [-0.2, -0.15) is 4.90 Å². The largest absolute Gasteiger partial charge is 0.504 e. The number of aliphatic hydroxyl groups is 22. The lowest BCUT2D eigenvalue weighted by Gasteiger charge is -2.63. The highest BCUT2D eigenvalue weighted by Gasteiger charge is 2.84. The van der Waals surface area contributed by atoms with Crippen molar-refractivity contribution in [1.29, 1.82) is 0 Å². The van der Waals surface area contributed by atoms with E-state index in [9.17, 15) is 112 Å². The van der Waals surface area contributed by atoms with Gasteiger partial charge in [0.15, 0.2) is 23.0 Å². The zero-order valence-electron chi connectivity index (χ0n) is 22.2. The van der Waals surface area contributed by atoms with Gasteiger partial charge in [0.1, 0.15) is 5.92 Å². The summed E-state index contributed by atoms with van der Waals surface area (Å²) in [5.41, 5.74) is -14.4.